The summed E-state index contributed by atoms with van der Waals surface area (Å²) in [5, 5.41) is 3.10. The summed E-state index contributed by atoms with van der Waals surface area (Å²) in [5.41, 5.74) is 0. The van der Waals surface area contributed by atoms with Crippen molar-refractivity contribution in [1.82, 2.24) is 5.32 Å². The number of carbonyl (C=O) groups excluding carboxylic acids is 1. The summed E-state index contributed by atoms with van der Waals surface area (Å²) in [4.78, 5) is 12.1. The number of carbonyl (C=O) groups is 1. The van der Waals surface area contributed by atoms with Crippen molar-refractivity contribution in [3.63, 3.8) is 0 Å². The normalized spacial score (nSPS) is 33.0. The maximum Gasteiger partial charge on any atom is 0.224 e. The Kier molecular flexibility index (Phi) is 3.64. The second-order valence-electron chi connectivity index (χ2n) is 4.96. The molecule has 0 radical (unpaired) electrons. The first-order valence-electron chi connectivity index (χ1n) is 6.22. The van der Waals surface area contributed by atoms with E-state index in [1.54, 1.807) is 7.11 Å². The van der Waals surface area contributed by atoms with E-state index >= 15 is 0 Å². The highest BCUT2D eigenvalue weighted by atomic mass is 16.5. The molecule has 1 N–H and O–H groups in total. The summed E-state index contributed by atoms with van der Waals surface area (Å²) in [7, 11) is 1.68. The summed E-state index contributed by atoms with van der Waals surface area (Å²) < 4.78 is 5.09. The Balaban J connectivity index is 1.86. The number of nitrogens with one attached hydrogen (secondary N) is 1. The highest BCUT2D eigenvalue weighted by molar-refractivity contribution is 5.80. The lowest BCUT2D eigenvalue weighted by molar-refractivity contribution is -0.126. The van der Waals surface area contributed by atoms with Crippen molar-refractivity contribution in [3.8, 4) is 0 Å². The van der Waals surface area contributed by atoms with E-state index in [1.807, 2.05) is 0 Å². The van der Waals surface area contributed by atoms with Crippen molar-refractivity contribution in [3.05, 3.63) is 12.2 Å². The summed E-state index contributed by atoms with van der Waals surface area (Å²) in [5.74, 6) is 1.58. The Morgan fingerprint density at radius 3 is 2.81 bits per heavy atom. The molecule has 0 spiro atoms. The molecular formula is C13H21NO2. The van der Waals surface area contributed by atoms with Gasteiger partial charge in [-0.15, -0.1) is 0 Å². The molecule has 4 atom stereocenters. The maximum absolute atomic E-state index is 12.1. The molecule has 0 saturated heterocycles. The van der Waals surface area contributed by atoms with Crippen molar-refractivity contribution >= 4 is 5.91 Å². The van der Waals surface area contributed by atoms with E-state index in [0.717, 1.165) is 12.8 Å². The Bertz CT molecular complexity index is 288. The van der Waals surface area contributed by atoms with Crippen molar-refractivity contribution in [2.75, 3.05) is 13.7 Å². The summed E-state index contributed by atoms with van der Waals surface area (Å²) in [6, 6.07) is 0.167. The SMILES string of the molecule is CC[C@@H](COC)NC(=O)[C@H]1C[C@H]2C=C[C@H]1C2. The van der Waals surface area contributed by atoms with E-state index in [9.17, 15) is 4.79 Å². The number of ether oxygens (including phenoxy) is 1. The van der Waals surface area contributed by atoms with Crippen LogP contribution >= 0.6 is 0 Å². The van der Waals surface area contributed by atoms with Crippen LogP contribution in [0.3, 0.4) is 0 Å². The van der Waals surface area contributed by atoms with E-state index in [1.165, 1.54) is 6.42 Å². The van der Waals surface area contributed by atoms with Gasteiger partial charge in [-0.05, 0) is 31.1 Å². The standard InChI is InChI=1S/C13H21NO2/c1-3-11(8-16-2)14-13(15)12-7-9-4-5-10(12)6-9/h4-5,9-12H,3,6-8H2,1-2H3,(H,14,15)/t9-,10-,11-,12-/m0/s1. The molecule has 90 valence electrons. The summed E-state index contributed by atoms with van der Waals surface area (Å²) >= 11 is 0. The Morgan fingerprint density at radius 2 is 2.31 bits per heavy atom. The van der Waals surface area contributed by atoms with Gasteiger partial charge >= 0.3 is 0 Å². The topological polar surface area (TPSA) is 38.3 Å². The largest absolute Gasteiger partial charge is 0.383 e. The molecule has 2 bridgehead atoms. The van der Waals surface area contributed by atoms with Crippen molar-refractivity contribution in [1.29, 1.82) is 0 Å². The second-order valence-corrected chi connectivity index (χ2v) is 4.96. The van der Waals surface area contributed by atoms with Crippen molar-refractivity contribution in [2.24, 2.45) is 17.8 Å². The quantitative estimate of drug-likeness (QED) is 0.721. The van der Waals surface area contributed by atoms with Gasteiger partial charge in [-0.1, -0.05) is 19.1 Å². The zero-order valence-corrected chi connectivity index (χ0v) is 10.1. The van der Waals surface area contributed by atoms with Crippen LogP contribution in [-0.2, 0) is 9.53 Å². The van der Waals surface area contributed by atoms with E-state index in [4.69, 9.17) is 4.74 Å². The lowest BCUT2D eigenvalue weighted by atomic mass is 9.92. The lowest BCUT2D eigenvalue weighted by Gasteiger charge is -2.22. The van der Waals surface area contributed by atoms with Gasteiger partial charge in [-0.2, -0.15) is 0 Å². The average molecular weight is 223 g/mol. The Labute approximate surface area is 97.2 Å². The van der Waals surface area contributed by atoms with Gasteiger partial charge in [0.1, 0.15) is 0 Å². The number of allylic oxidation sites excluding steroid dienone is 2. The third-order valence-electron chi connectivity index (χ3n) is 3.82. The molecule has 1 saturated carbocycles. The van der Waals surface area contributed by atoms with E-state index in [0.29, 0.717) is 18.4 Å². The minimum absolute atomic E-state index is 0.167. The predicted octanol–water partition coefficient (Wildman–Crippen LogP) is 1.74. The van der Waals surface area contributed by atoms with Crippen molar-refractivity contribution < 1.29 is 9.53 Å². The van der Waals surface area contributed by atoms with Crippen LogP contribution in [0.2, 0.25) is 0 Å². The predicted molar refractivity (Wildman–Crippen MR) is 62.9 cm³/mol. The van der Waals surface area contributed by atoms with E-state index < -0.39 is 0 Å². The number of rotatable bonds is 5. The Morgan fingerprint density at radius 1 is 1.50 bits per heavy atom. The number of fused-ring (bicyclic) bond motifs is 2. The molecular weight excluding hydrogens is 202 g/mol. The van der Waals surface area contributed by atoms with Crippen LogP contribution in [0.25, 0.3) is 0 Å². The van der Waals surface area contributed by atoms with Gasteiger partial charge in [0.05, 0.1) is 12.6 Å². The maximum atomic E-state index is 12.1. The summed E-state index contributed by atoms with van der Waals surface area (Å²) in [6.07, 6.45) is 7.63. The minimum atomic E-state index is 0.167. The van der Waals surface area contributed by atoms with Gasteiger partial charge in [-0.25, -0.2) is 0 Å². The van der Waals surface area contributed by atoms with Gasteiger partial charge in [0.2, 0.25) is 5.91 Å². The number of hydrogen-bond donors (Lipinski definition) is 1. The molecule has 0 aromatic heterocycles. The zero-order chi connectivity index (χ0) is 11.5. The molecule has 0 aliphatic heterocycles. The first-order valence-corrected chi connectivity index (χ1v) is 6.22. The molecule has 3 nitrogen and oxygen atoms in total. The fraction of sp³-hybridized carbons (Fsp3) is 0.769. The van der Waals surface area contributed by atoms with Crippen LogP contribution in [0.1, 0.15) is 26.2 Å². The van der Waals surface area contributed by atoms with Crippen molar-refractivity contribution in [2.45, 2.75) is 32.2 Å². The number of methoxy groups -OCH3 is 1. The third kappa shape index (κ3) is 2.29. The molecule has 2 aliphatic carbocycles. The Hall–Kier alpha value is -0.830. The minimum Gasteiger partial charge on any atom is -0.383 e. The molecule has 1 amide bonds. The van der Waals surface area contributed by atoms with Gasteiger partial charge in [0.15, 0.2) is 0 Å². The molecule has 0 aromatic carbocycles. The van der Waals surface area contributed by atoms with Gasteiger partial charge in [-0.3, -0.25) is 4.79 Å². The van der Waals surface area contributed by atoms with E-state index in [2.05, 4.69) is 24.4 Å². The molecule has 16 heavy (non-hydrogen) atoms. The average Bonchev–Trinajstić information content (AvgIpc) is 2.89. The molecule has 0 aromatic rings. The molecule has 0 heterocycles. The molecule has 1 fully saturated rings. The van der Waals surface area contributed by atoms with Crippen LogP contribution < -0.4 is 5.32 Å². The first-order chi connectivity index (χ1) is 7.74. The monoisotopic (exact) mass is 223 g/mol. The van der Waals surface area contributed by atoms with Crippen LogP contribution in [0.15, 0.2) is 12.2 Å². The fourth-order valence-corrected chi connectivity index (χ4v) is 2.85. The van der Waals surface area contributed by atoms with Crippen LogP contribution in [0, 0.1) is 17.8 Å². The second kappa shape index (κ2) is 5.00. The zero-order valence-electron chi connectivity index (χ0n) is 10.1. The smallest absolute Gasteiger partial charge is 0.224 e. The molecule has 0 unspecified atom stereocenters. The van der Waals surface area contributed by atoms with E-state index in [-0.39, 0.29) is 17.9 Å². The molecule has 3 heteroatoms. The van der Waals surface area contributed by atoms with Crippen LogP contribution in [-0.4, -0.2) is 25.7 Å². The number of amides is 1. The highest BCUT2D eigenvalue weighted by Gasteiger charge is 2.39. The molecule has 2 rings (SSSR count). The third-order valence-corrected chi connectivity index (χ3v) is 3.82. The first kappa shape index (κ1) is 11.6. The fourth-order valence-electron chi connectivity index (χ4n) is 2.85. The molecule has 2 aliphatic rings. The highest BCUT2D eigenvalue weighted by Crippen LogP contribution is 2.43. The van der Waals surface area contributed by atoms with Gasteiger partial charge in [0, 0.05) is 13.0 Å². The van der Waals surface area contributed by atoms with Crippen LogP contribution in [0.4, 0.5) is 0 Å². The van der Waals surface area contributed by atoms with Gasteiger partial charge in [0.25, 0.3) is 0 Å². The van der Waals surface area contributed by atoms with Crippen LogP contribution in [0.5, 0.6) is 0 Å². The summed E-state index contributed by atoms with van der Waals surface area (Å²) in [6.45, 7) is 2.68. The number of hydrogen-bond acceptors (Lipinski definition) is 2. The lowest BCUT2D eigenvalue weighted by Crippen LogP contribution is -2.42. The van der Waals surface area contributed by atoms with Gasteiger partial charge < -0.3 is 10.1 Å².